The Labute approximate surface area is 62.3 Å². The van der Waals surface area contributed by atoms with Gasteiger partial charge in [-0.05, 0) is 6.92 Å². The van der Waals surface area contributed by atoms with E-state index in [1.165, 1.54) is 0 Å². The Hall–Kier alpha value is -0.120. The van der Waals surface area contributed by atoms with Gasteiger partial charge >= 0.3 is 0 Å². The second-order valence-corrected chi connectivity index (χ2v) is 1.75. The monoisotopic (exact) mass is 147 g/mol. The summed E-state index contributed by atoms with van der Waals surface area (Å²) in [5.74, 6) is 0. The van der Waals surface area contributed by atoms with Crippen LogP contribution in [0.3, 0.4) is 0 Å². The molecule has 0 aliphatic carbocycles. The van der Waals surface area contributed by atoms with E-state index in [0.29, 0.717) is 19.8 Å². The molecule has 1 atom stereocenters. The fourth-order valence-corrected chi connectivity index (χ4v) is 0.497. The largest absolute Gasteiger partial charge is 0.382 e. The van der Waals surface area contributed by atoms with Gasteiger partial charge in [-0.2, -0.15) is 0 Å². The Bertz CT molecular complexity index is 65.9. The number of hydrogen-bond donors (Lipinski definition) is 0. The van der Waals surface area contributed by atoms with Crippen molar-refractivity contribution >= 4 is 0 Å². The van der Waals surface area contributed by atoms with Crippen LogP contribution >= 0.6 is 0 Å². The normalized spacial score (nSPS) is 13.5. The average molecular weight is 147 g/mol. The van der Waals surface area contributed by atoms with Gasteiger partial charge in [0.2, 0.25) is 0 Å². The van der Waals surface area contributed by atoms with Crippen molar-refractivity contribution in [3.63, 3.8) is 0 Å². The molecular weight excluding hydrogens is 132 g/mol. The summed E-state index contributed by atoms with van der Waals surface area (Å²) in [6.07, 6.45) is -0.361. The highest BCUT2D eigenvalue weighted by Crippen LogP contribution is 1.90. The molecule has 1 unspecified atom stereocenters. The molecule has 0 aromatic rings. The van der Waals surface area contributed by atoms with E-state index in [1.54, 1.807) is 7.11 Å². The predicted molar refractivity (Wildman–Crippen MR) is 38.6 cm³/mol. The molecule has 3 heteroatoms. The van der Waals surface area contributed by atoms with Crippen molar-refractivity contribution in [2.75, 3.05) is 26.9 Å². The van der Waals surface area contributed by atoms with E-state index in [2.05, 4.69) is 6.92 Å². The molecule has 3 nitrogen and oxygen atoms in total. The van der Waals surface area contributed by atoms with Crippen LogP contribution in [-0.2, 0) is 14.2 Å². The molecule has 0 fully saturated rings. The summed E-state index contributed by atoms with van der Waals surface area (Å²) >= 11 is 0. The quantitative estimate of drug-likeness (QED) is 0.411. The lowest BCUT2D eigenvalue weighted by Crippen LogP contribution is -2.15. The third kappa shape index (κ3) is 6.01. The fourth-order valence-electron chi connectivity index (χ4n) is 0.497. The molecule has 0 aromatic carbocycles. The van der Waals surface area contributed by atoms with Crippen molar-refractivity contribution in [3.05, 3.63) is 6.92 Å². The zero-order chi connectivity index (χ0) is 7.82. The van der Waals surface area contributed by atoms with Crippen LogP contribution in [0.2, 0.25) is 0 Å². The van der Waals surface area contributed by atoms with Crippen LogP contribution in [0.15, 0.2) is 0 Å². The summed E-state index contributed by atoms with van der Waals surface area (Å²) in [6, 6.07) is 0. The number of methoxy groups -OCH3 is 1. The molecule has 10 heavy (non-hydrogen) atoms. The van der Waals surface area contributed by atoms with Gasteiger partial charge in [-0.1, -0.05) is 0 Å². The molecule has 61 valence electrons. The van der Waals surface area contributed by atoms with Crippen LogP contribution < -0.4 is 0 Å². The minimum Gasteiger partial charge on any atom is -0.382 e. The van der Waals surface area contributed by atoms with Gasteiger partial charge in [-0.3, -0.25) is 0 Å². The van der Waals surface area contributed by atoms with Crippen LogP contribution in [0.25, 0.3) is 0 Å². The molecule has 0 spiro atoms. The molecule has 0 aromatic heterocycles. The van der Waals surface area contributed by atoms with Crippen molar-refractivity contribution in [3.8, 4) is 0 Å². The maximum Gasteiger partial charge on any atom is 0.157 e. The van der Waals surface area contributed by atoms with Crippen LogP contribution in [-0.4, -0.2) is 33.2 Å². The highest BCUT2D eigenvalue weighted by molar-refractivity contribution is 4.43. The van der Waals surface area contributed by atoms with Gasteiger partial charge in [0.25, 0.3) is 0 Å². The Morgan fingerprint density at radius 1 is 1.30 bits per heavy atom. The van der Waals surface area contributed by atoms with E-state index in [9.17, 15) is 0 Å². The smallest absolute Gasteiger partial charge is 0.157 e. The minimum atomic E-state index is -0.361. The lowest BCUT2D eigenvalue weighted by Gasteiger charge is -2.11. The zero-order valence-corrected chi connectivity index (χ0v) is 6.63. The van der Waals surface area contributed by atoms with Crippen molar-refractivity contribution in [1.82, 2.24) is 0 Å². The summed E-state index contributed by atoms with van der Waals surface area (Å²) in [5, 5.41) is 0. The van der Waals surface area contributed by atoms with E-state index < -0.39 is 0 Å². The van der Waals surface area contributed by atoms with Crippen LogP contribution in [0, 0.1) is 6.92 Å². The van der Waals surface area contributed by atoms with E-state index in [-0.39, 0.29) is 6.29 Å². The Balaban J connectivity index is 2.97. The Morgan fingerprint density at radius 2 is 2.00 bits per heavy atom. The molecule has 0 rings (SSSR count). The van der Waals surface area contributed by atoms with Gasteiger partial charge in [-0.15, -0.1) is 0 Å². The first-order chi connectivity index (χ1) is 4.81. The number of hydrogen-bond acceptors (Lipinski definition) is 3. The molecule has 0 amide bonds. The number of rotatable bonds is 6. The van der Waals surface area contributed by atoms with Crippen LogP contribution in [0.4, 0.5) is 0 Å². The van der Waals surface area contributed by atoms with E-state index in [4.69, 9.17) is 14.2 Å². The summed E-state index contributed by atoms with van der Waals surface area (Å²) in [6.45, 7) is 7.24. The van der Waals surface area contributed by atoms with E-state index in [1.807, 2.05) is 6.92 Å². The summed E-state index contributed by atoms with van der Waals surface area (Å²) in [7, 11) is 1.63. The van der Waals surface area contributed by atoms with Gasteiger partial charge in [0.1, 0.15) is 0 Å². The predicted octanol–water partition coefficient (Wildman–Crippen LogP) is 0.846. The van der Waals surface area contributed by atoms with Gasteiger partial charge in [0.15, 0.2) is 6.29 Å². The van der Waals surface area contributed by atoms with E-state index in [0.717, 1.165) is 0 Å². The SMILES string of the molecule is [CH2]C(OCC)OCCOC. The molecule has 0 N–H and O–H groups in total. The molecule has 0 aliphatic heterocycles. The van der Waals surface area contributed by atoms with Crippen LogP contribution in [0.1, 0.15) is 6.92 Å². The second-order valence-electron chi connectivity index (χ2n) is 1.75. The Morgan fingerprint density at radius 3 is 2.50 bits per heavy atom. The van der Waals surface area contributed by atoms with Crippen molar-refractivity contribution in [2.45, 2.75) is 13.2 Å². The maximum atomic E-state index is 5.06. The molecular formula is C7H15O3. The zero-order valence-electron chi connectivity index (χ0n) is 6.63. The molecule has 0 heterocycles. The lowest BCUT2D eigenvalue weighted by molar-refractivity contribution is -0.118. The van der Waals surface area contributed by atoms with Crippen molar-refractivity contribution < 1.29 is 14.2 Å². The molecule has 1 radical (unpaired) electrons. The minimum absolute atomic E-state index is 0.361. The first-order valence-corrected chi connectivity index (χ1v) is 3.36. The van der Waals surface area contributed by atoms with Gasteiger partial charge < -0.3 is 14.2 Å². The van der Waals surface area contributed by atoms with Crippen molar-refractivity contribution in [1.29, 1.82) is 0 Å². The summed E-state index contributed by atoms with van der Waals surface area (Å²) < 4.78 is 14.8. The maximum absolute atomic E-state index is 5.06. The molecule has 0 saturated heterocycles. The Kier molecular flexibility index (Phi) is 6.91. The molecule has 0 saturated carbocycles. The first kappa shape index (κ1) is 9.88. The highest BCUT2D eigenvalue weighted by atomic mass is 16.7. The lowest BCUT2D eigenvalue weighted by atomic mass is 10.7. The van der Waals surface area contributed by atoms with Gasteiger partial charge in [0.05, 0.1) is 13.2 Å². The van der Waals surface area contributed by atoms with Gasteiger partial charge in [-0.25, -0.2) is 0 Å². The van der Waals surface area contributed by atoms with E-state index >= 15 is 0 Å². The van der Waals surface area contributed by atoms with Crippen LogP contribution in [0.5, 0.6) is 0 Å². The topological polar surface area (TPSA) is 27.7 Å². The summed E-state index contributed by atoms with van der Waals surface area (Å²) in [4.78, 5) is 0. The number of ether oxygens (including phenoxy) is 3. The van der Waals surface area contributed by atoms with Crippen molar-refractivity contribution in [2.24, 2.45) is 0 Å². The third-order valence-corrected chi connectivity index (χ3v) is 0.944. The summed E-state index contributed by atoms with van der Waals surface area (Å²) in [5.41, 5.74) is 0. The third-order valence-electron chi connectivity index (χ3n) is 0.944. The fraction of sp³-hybridized carbons (Fsp3) is 0.857. The standard InChI is InChI=1S/C7H15O3/c1-4-9-7(2)10-6-5-8-3/h7H,2,4-6H2,1,3H3. The molecule has 0 bridgehead atoms. The highest BCUT2D eigenvalue weighted by Gasteiger charge is 1.97. The van der Waals surface area contributed by atoms with Gasteiger partial charge in [0, 0.05) is 20.6 Å². The second kappa shape index (κ2) is 6.99. The first-order valence-electron chi connectivity index (χ1n) is 3.36. The average Bonchev–Trinajstić information content (AvgIpc) is 1.89. The molecule has 0 aliphatic rings.